The SMILES string of the molecule is COCCN(C(=O)OC(C)(C)C)c1ccc(C(=O)O)cc1.COCCOC(=O)c1ccc(N(CCOC)C(=O)OC(C)(C)C)cc1. The smallest absolute Gasteiger partial charge is 0.414 e. The summed E-state index contributed by atoms with van der Waals surface area (Å²) < 4.78 is 30.7. The molecule has 0 aromatic heterocycles. The Morgan fingerprint density at radius 1 is 0.587 bits per heavy atom. The quantitative estimate of drug-likeness (QED) is 0.163. The highest BCUT2D eigenvalue weighted by molar-refractivity contribution is 5.92. The molecule has 0 unspecified atom stereocenters. The summed E-state index contributed by atoms with van der Waals surface area (Å²) in [6.07, 6.45) is -0.970. The molecular formula is C33H48N2O11. The maximum absolute atomic E-state index is 12.4. The van der Waals surface area contributed by atoms with Crippen LogP contribution in [0.4, 0.5) is 21.0 Å². The van der Waals surface area contributed by atoms with Crippen LogP contribution in [-0.4, -0.2) is 101 Å². The molecule has 0 saturated heterocycles. The summed E-state index contributed by atoms with van der Waals surface area (Å²) in [5, 5.41) is 8.89. The number of carbonyl (C=O) groups is 4. The molecule has 256 valence electrons. The molecule has 13 heteroatoms. The number of hydrogen-bond acceptors (Lipinski definition) is 10. The van der Waals surface area contributed by atoms with E-state index >= 15 is 0 Å². The number of amides is 2. The first-order valence-electron chi connectivity index (χ1n) is 14.6. The molecule has 1 N–H and O–H groups in total. The second-order valence-electron chi connectivity index (χ2n) is 11.8. The number of ether oxygens (including phenoxy) is 6. The van der Waals surface area contributed by atoms with Gasteiger partial charge in [-0.1, -0.05) is 0 Å². The van der Waals surface area contributed by atoms with Gasteiger partial charge in [0.05, 0.1) is 44.0 Å². The number of aromatic carboxylic acids is 1. The standard InChI is InChI=1S/C18H27NO6.C15H21NO5/c1-18(2,3)25-17(21)19(10-11-22-4)15-8-6-14(7-9-15)16(20)24-13-12-23-5;1-15(2,3)21-14(19)16(9-10-20-4)12-7-5-11(6-8-12)13(17)18/h6-9H,10-13H2,1-5H3;5-8H,9-10H2,1-4H3,(H,17,18). The van der Waals surface area contributed by atoms with E-state index in [-0.39, 0.29) is 12.2 Å². The van der Waals surface area contributed by atoms with Crippen LogP contribution in [0.3, 0.4) is 0 Å². The van der Waals surface area contributed by atoms with Crippen molar-refractivity contribution in [2.45, 2.75) is 52.7 Å². The molecule has 0 fully saturated rings. The highest BCUT2D eigenvalue weighted by Crippen LogP contribution is 2.21. The Morgan fingerprint density at radius 2 is 0.957 bits per heavy atom. The summed E-state index contributed by atoms with van der Waals surface area (Å²) in [7, 11) is 4.64. The molecule has 0 aliphatic carbocycles. The van der Waals surface area contributed by atoms with Crippen molar-refractivity contribution < 1.29 is 52.7 Å². The molecule has 0 bridgehead atoms. The van der Waals surface area contributed by atoms with E-state index in [0.29, 0.717) is 49.8 Å². The number of nitrogens with zero attached hydrogens (tertiary/aromatic N) is 2. The number of anilines is 2. The number of hydrogen-bond donors (Lipinski definition) is 1. The van der Waals surface area contributed by atoms with E-state index in [1.165, 1.54) is 29.0 Å². The molecule has 0 saturated carbocycles. The molecule has 0 atom stereocenters. The van der Waals surface area contributed by atoms with Gasteiger partial charge in [-0.05, 0) is 90.1 Å². The average molecular weight is 649 g/mol. The molecule has 2 aromatic carbocycles. The van der Waals surface area contributed by atoms with Crippen LogP contribution < -0.4 is 9.80 Å². The number of carboxylic acids is 1. The van der Waals surface area contributed by atoms with Crippen molar-refractivity contribution in [2.24, 2.45) is 0 Å². The highest BCUT2D eigenvalue weighted by atomic mass is 16.6. The third-order valence-corrected chi connectivity index (χ3v) is 5.63. The van der Waals surface area contributed by atoms with Crippen molar-refractivity contribution in [1.82, 2.24) is 0 Å². The van der Waals surface area contributed by atoms with Gasteiger partial charge >= 0.3 is 24.1 Å². The third-order valence-electron chi connectivity index (χ3n) is 5.63. The topological polar surface area (TPSA) is 150 Å². The van der Waals surface area contributed by atoms with Gasteiger partial charge in [0.2, 0.25) is 0 Å². The van der Waals surface area contributed by atoms with Gasteiger partial charge in [0.25, 0.3) is 0 Å². The summed E-state index contributed by atoms with van der Waals surface area (Å²) in [6.45, 7) is 12.7. The zero-order valence-electron chi connectivity index (χ0n) is 28.3. The predicted molar refractivity (Wildman–Crippen MR) is 173 cm³/mol. The van der Waals surface area contributed by atoms with E-state index in [9.17, 15) is 19.2 Å². The lowest BCUT2D eigenvalue weighted by Gasteiger charge is -2.27. The van der Waals surface area contributed by atoms with Crippen LogP contribution in [0.5, 0.6) is 0 Å². The lowest BCUT2D eigenvalue weighted by atomic mass is 10.2. The molecule has 2 amide bonds. The molecule has 46 heavy (non-hydrogen) atoms. The maximum atomic E-state index is 12.4. The maximum Gasteiger partial charge on any atom is 0.414 e. The van der Waals surface area contributed by atoms with Gasteiger partial charge in [-0.15, -0.1) is 0 Å². The molecule has 0 heterocycles. The Bertz CT molecular complexity index is 1230. The fourth-order valence-corrected chi connectivity index (χ4v) is 3.51. The Kier molecular flexibility index (Phi) is 16.7. The van der Waals surface area contributed by atoms with Gasteiger partial charge in [-0.3, -0.25) is 9.80 Å². The average Bonchev–Trinajstić information content (AvgIpc) is 2.97. The Morgan fingerprint density at radius 3 is 1.28 bits per heavy atom. The number of methoxy groups -OCH3 is 3. The van der Waals surface area contributed by atoms with Gasteiger partial charge in [0.1, 0.15) is 17.8 Å². The molecule has 13 nitrogen and oxygen atoms in total. The second-order valence-corrected chi connectivity index (χ2v) is 11.8. The van der Waals surface area contributed by atoms with Crippen molar-refractivity contribution in [3.8, 4) is 0 Å². The summed E-state index contributed by atoms with van der Waals surface area (Å²) in [5.74, 6) is -1.45. The largest absolute Gasteiger partial charge is 0.478 e. The van der Waals surface area contributed by atoms with Crippen LogP contribution in [0.1, 0.15) is 62.3 Å². The first kappa shape index (κ1) is 39.8. The summed E-state index contributed by atoms with van der Waals surface area (Å²) >= 11 is 0. The summed E-state index contributed by atoms with van der Waals surface area (Å²) in [4.78, 5) is 50.2. The van der Waals surface area contributed by atoms with E-state index in [1.54, 1.807) is 92.2 Å². The first-order valence-corrected chi connectivity index (χ1v) is 14.6. The third kappa shape index (κ3) is 15.2. The van der Waals surface area contributed by atoms with Crippen LogP contribution in [0.15, 0.2) is 48.5 Å². The van der Waals surface area contributed by atoms with Gasteiger partial charge < -0.3 is 33.5 Å². The minimum Gasteiger partial charge on any atom is -0.478 e. The fourth-order valence-electron chi connectivity index (χ4n) is 3.51. The zero-order valence-corrected chi connectivity index (χ0v) is 28.3. The molecule has 0 aliphatic rings. The molecule has 0 spiro atoms. The van der Waals surface area contributed by atoms with E-state index in [4.69, 9.17) is 33.5 Å². The van der Waals surface area contributed by atoms with Crippen LogP contribution >= 0.6 is 0 Å². The number of carboxylic acid groups (broad SMARTS) is 1. The summed E-state index contributed by atoms with van der Waals surface area (Å²) in [5.41, 5.74) is 0.521. The lowest BCUT2D eigenvalue weighted by Crippen LogP contribution is -2.38. The molecule has 0 radical (unpaired) electrons. The van der Waals surface area contributed by atoms with Crippen molar-refractivity contribution >= 4 is 35.5 Å². The van der Waals surface area contributed by atoms with Crippen LogP contribution in [0.2, 0.25) is 0 Å². The Hall–Kier alpha value is -4.20. The summed E-state index contributed by atoms with van der Waals surface area (Å²) in [6, 6.07) is 12.6. The van der Waals surface area contributed by atoms with Crippen molar-refractivity contribution in [1.29, 1.82) is 0 Å². The minimum atomic E-state index is -1.01. The van der Waals surface area contributed by atoms with Crippen molar-refractivity contribution in [3.05, 3.63) is 59.7 Å². The fraction of sp³-hybridized carbons (Fsp3) is 0.515. The lowest BCUT2D eigenvalue weighted by molar-refractivity contribution is 0.0387. The van der Waals surface area contributed by atoms with Crippen LogP contribution in [0.25, 0.3) is 0 Å². The Labute approximate surface area is 271 Å². The minimum absolute atomic E-state index is 0.162. The molecule has 2 aromatic rings. The highest BCUT2D eigenvalue weighted by Gasteiger charge is 2.25. The number of rotatable bonds is 13. The van der Waals surface area contributed by atoms with Crippen LogP contribution in [-0.2, 0) is 28.4 Å². The van der Waals surface area contributed by atoms with Gasteiger partial charge in [-0.2, -0.15) is 0 Å². The number of benzene rings is 2. The number of carbonyl (C=O) groups excluding carboxylic acids is 3. The van der Waals surface area contributed by atoms with Gasteiger partial charge in [-0.25, -0.2) is 19.2 Å². The Balaban J connectivity index is 0.000000467. The second kappa shape index (κ2) is 19.3. The van der Waals surface area contributed by atoms with E-state index in [0.717, 1.165) is 0 Å². The van der Waals surface area contributed by atoms with Crippen LogP contribution in [0, 0.1) is 0 Å². The predicted octanol–water partition coefficient (Wildman–Crippen LogP) is 5.65. The molecular weight excluding hydrogens is 600 g/mol. The number of esters is 1. The monoisotopic (exact) mass is 648 g/mol. The van der Waals surface area contributed by atoms with Gasteiger partial charge in [0.15, 0.2) is 0 Å². The van der Waals surface area contributed by atoms with E-state index in [2.05, 4.69) is 0 Å². The van der Waals surface area contributed by atoms with Gasteiger partial charge in [0, 0.05) is 32.7 Å². The molecule has 0 aliphatic heterocycles. The van der Waals surface area contributed by atoms with E-state index < -0.39 is 35.3 Å². The normalized spacial score (nSPS) is 11.1. The zero-order chi connectivity index (χ0) is 34.9. The first-order chi connectivity index (χ1) is 21.5. The van der Waals surface area contributed by atoms with Crippen molar-refractivity contribution in [3.63, 3.8) is 0 Å². The molecule has 2 rings (SSSR count). The van der Waals surface area contributed by atoms with Crippen molar-refractivity contribution in [2.75, 3.05) is 70.6 Å². The van der Waals surface area contributed by atoms with E-state index in [1.807, 2.05) is 0 Å².